The first-order valence-corrected chi connectivity index (χ1v) is 4.88. The van der Waals surface area contributed by atoms with Crippen molar-refractivity contribution in [3.63, 3.8) is 0 Å². The molecule has 1 heterocycles. The summed E-state index contributed by atoms with van der Waals surface area (Å²) in [5.41, 5.74) is 5.71. The fourth-order valence-electron chi connectivity index (χ4n) is 1.19. The van der Waals surface area contributed by atoms with Crippen LogP contribution in [0.4, 0.5) is 0 Å². The number of carbonyl (C=O) groups excluding carboxylic acids is 1. The first-order valence-electron chi connectivity index (χ1n) is 4.88. The number of rotatable bonds is 4. The van der Waals surface area contributed by atoms with E-state index in [2.05, 4.69) is 10.2 Å². The van der Waals surface area contributed by atoms with E-state index in [1.807, 2.05) is 0 Å². The fourth-order valence-corrected chi connectivity index (χ4v) is 1.19. The number of halogens is 1. The number of esters is 1. The van der Waals surface area contributed by atoms with Crippen molar-refractivity contribution in [2.75, 3.05) is 13.2 Å². The van der Waals surface area contributed by atoms with Crippen LogP contribution in [0.2, 0.25) is 0 Å². The number of quaternary nitrogens is 1. The monoisotopic (exact) mass is 265 g/mol. The average Bonchev–Trinajstić information content (AvgIpc) is 2.20. The lowest BCUT2D eigenvalue weighted by atomic mass is 10.2. The molecule has 0 saturated heterocycles. The summed E-state index contributed by atoms with van der Waals surface area (Å²) in [6.07, 6.45) is 0.456. The minimum Gasteiger partial charge on any atom is -0.604 e. The lowest BCUT2D eigenvalue weighted by Gasteiger charge is -2.35. The molecule has 9 heteroatoms. The quantitative estimate of drug-likeness (QED) is 0.310. The Kier molecular flexibility index (Phi) is 6.03. The molecule has 1 atom stereocenters. The molecule has 0 aromatic rings. The third kappa shape index (κ3) is 4.65. The number of hydrogen-bond acceptors (Lipinski definition) is 7. The van der Waals surface area contributed by atoms with Crippen LogP contribution in [0.3, 0.4) is 0 Å². The van der Waals surface area contributed by atoms with Crippen LogP contribution in [0, 0.1) is 5.21 Å². The zero-order valence-electron chi connectivity index (χ0n) is 9.46. The first-order chi connectivity index (χ1) is 7.45. The number of ether oxygens (including phenoxy) is 1. The Balaban J connectivity index is 0.00000256. The van der Waals surface area contributed by atoms with Crippen LogP contribution in [0.5, 0.6) is 0 Å². The second-order valence-corrected chi connectivity index (χ2v) is 3.38. The Bertz CT molecular complexity index is 342. The van der Waals surface area contributed by atoms with Crippen molar-refractivity contribution in [1.29, 1.82) is 0 Å². The second-order valence-electron chi connectivity index (χ2n) is 3.38. The van der Waals surface area contributed by atoms with Crippen LogP contribution in [-0.4, -0.2) is 35.5 Å². The normalized spacial score (nSPS) is 23.2. The van der Waals surface area contributed by atoms with Crippen molar-refractivity contribution in [3.8, 4) is 0 Å². The van der Waals surface area contributed by atoms with Gasteiger partial charge in [0.05, 0.1) is 18.7 Å². The number of hydroxylamine groups is 2. The molecule has 0 aromatic carbocycles. The first kappa shape index (κ1) is 15.8. The van der Waals surface area contributed by atoms with Gasteiger partial charge in [0.2, 0.25) is 0 Å². The smallest absolute Gasteiger partial charge is 0.338 e. The van der Waals surface area contributed by atoms with E-state index >= 15 is 0 Å². The van der Waals surface area contributed by atoms with E-state index < -0.39 is 4.76 Å². The van der Waals surface area contributed by atoms with E-state index in [9.17, 15) is 10.0 Å². The van der Waals surface area contributed by atoms with Crippen LogP contribution in [0.15, 0.2) is 10.2 Å². The molecule has 0 radical (unpaired) electrons. The molecular formula is C8H16ClN5O3. The Labute approximate surface area is 105 Å². The maximum Gasteiger partial charge on any atom is 0.338 e. The van der Waals surface area contributed by atoms with Gasteiger partial charge in [0.25, 0.3) is 0 Å². The summed E-state index contributed by atoms with van der Waals surface area (Å²) in [6.45, 7) is 1.96. The van der Waals surface area contributed by atoms with Gasteiger partial charge in [-0.3, -0.25) is 4.79 Å². The van der Waals surface area contributed by atoms with E-state index in [0.29, 0.717) is 18.7 Å². The number of carbonyl (C=O) groups is 1. The van der Waals surface area contributed by atoms with E-state index in [1.54, 1.807) is 6.92 Å². The highest BCUT2D eigenvalue weighted by atomic mass is 35.5. The van der Waals surface area contributed by atoms with Gasteiger partial charge in [-0.2, -0.15) is 5.84 Å². The number of nitrogens with two attached hydrogens (primary N) is 2. The molecule has 0 fully saturated rings. The van der Waals surface area contributed by atoms with Gasteiger partial charge >= 0.3 is 11.9 Å². The molecule has 1 aliphatic heterocycles. The highest BCUT2D eigenvalue weighted by molar-refractivity contribution is 5.91. The minimum absolute atomic E-state index is 0. The van der Waals surface area contributed by atoms with Gasteiger partial charge < -0.3 is 15.7 Å². The van der Waals surface area contributed by atoms with Gasteiger partial charge in [0.1, 0.15) is 6.54 Å². The summed E-state index contributed by atoms with van der Waals surface area (Å²) >= 11 is 0. The van der Waals surface area contributed by atoms with Crippen molar-refractivity contribution in [3.05, 3.63) is 5.21 Å². The summed E-state index contributed by atoms with van der Waals surface area (Å²) in [6, 6.07) is 0. The van der Waals surface area contributed by atoms with Crippen LogP contribution in [-0.2, 0) is 9.53 Å². The van der Waals surface area contributed by atoms with E-state index in [4.69, 9.17) is 16.3 Å². The van der Waals surface area contributed by atoms with Crippen LogP contribution < -0.4 is 11.6 Å². The maximum absolute atomic E-state index is 11.5. The third-order valence-corrected chi connectivity index (χ3v) is 2.02. The van der Waals surface area contributed by atoms with Crippen LogP contribution in [0.1, 0.15) is 19.8 Å². The highest BCUT2D eigenvalue weighted by Crippen LogP contribution is 2.07. The van der Waals surface area contributed by atoms with Gasteiger partial charge in [0, 0.05) is 6.42 Å². The second kappa shape index (κ2) is 6.50. The number of guanidine groups is 1. The summed E-state index contributed by atoms with van der Waals surface area (Å²) < 4.78 is 3.47. The SMILES string of the molecule is CCOC(=O)CCC1=NN=C(N)[N+](N)([O-])C1.Cl. The van der Waals surface area contributed by atoms with Gasteiger partial charge in [0.15, 0.2) is 0 Å². The molecule has 0 amide bonds. The molecule has 1 unspecified atom stereocenters. The fraction of sp³-hybridized carbons (Fsp3) is 0.625. The zero-order chi connectivity index (χ0) is 12.2. The van der Waals surface area contributed by atoms with Gasteiger partial charge in [-0.15, -0.1) is 17.5 Å². The molecular weight excluding hydrogens is 250 g/mol. The van der Waals surface area contributed by atoms with Crippen molar-refractivity contribution in [1.82, 2.24) is 0 Å². The zero-order valence-corrected chi connectivity index (χ0v) is 10.3. The Morgan fingerprint density at radius 3 is 2.76 bits per heavy atom. The molecule has 1 aliphatic rings. The lowest BCUT2D eigenvalue weighted by molar-refractivity contribution is -0.794. The number of nitrogens with zero attached hydrogens (tertiary/aromatic N) is 3. The molecule has 0 aromatic heterocycles. The Hall–Kier alpha value is -1.22. The lowest BCUT2D eigenvalue weighted by Crippen LogP contribution is -2.60. The maximum atomic E-state index is 11.5. The van der Waals surface area contributed by atoms with E-state index in [0.717, 1.165) is 0 Å². The standard InChI is InChI=1S/C8H15N5O3.ClH/c1-2-16-7(14)4-3-6-5-13(10,15)8(9)12-11-6;/h2-5,10H2,1H3,(H2,9,12);1H. The molecule has 17 heavy (non-hydrogen) atoms. The Morgan fingerprint density at radius 2 is 2.24 bits per heavy atom. The summed E-state index contributed by atoms with van der Waals surface area (Å²) in [5.74, 6) is 4.68. The van der Waals surface area contributed by atoms with Gasteiger partial charge in [-0.05, 0) is 6.92 Å². The number of hydrogen-bond donors (Lipinski definition) is 2. The topological polar surface area (TPSA) is 126 Å². The summed E-state index contributed by atoms with van der Waals surface area (Å²) in [5, 5.41) is 18.7. The largest absolute Gasteiger partial charge is 0.604 e. The molecule has 0 saturated carbocycles. The van der Waals surface area contributed by atoms with Crippen molar-refractivity contribution in [2.45, 2.75) is 19.8 Å². The third-order valence-electron chi connectivity index (χ3n) is 2.02. The van der Waals surface area contributed by atoms with E-state index in [-0.39, 0.29) is 37.3 Å². The average molecular weight is 266 g/mol. The molecule has 4 N–H and O–H groups in total. The van der Waals surface area contributed by atoms with Crippen molar-refractivity contribution in [2.24, 2.45) is 21.8 Å². The highest BCUT2D eigenvalue weighted by Gasteiger charge is 2.25. The molecule has 0 spiro atoms. The molecule has 0 bridgehead atoms. The predicted octanol–water partition coefficient (Wildman–Crippen LogP) is -0.376. The Morgan fingerprint density at radius 1 is 1.59 bits per heavy atom. The summed E-state index contributed by atoms with van der Waals surface area (Å²) in [4.78, 5) is 11.1. The molecule has 8 nitrogen and oxygen atoms in total. The van der Waals surface area contributed by atoms with Gasteiger partial charge in [-0.25, -0.2) is 4.76 Å². The molecule has 98 valence electrons. The molecule has 0 aliphatic carbocycles. The van der Waals surface area contributed by atoms with Gasteiger partial charge in [-0.1, -0.05) is 5.10 Å². The molecule has 1 rings (SSSR count). The van der Waals surface area contributed by atoms with Crippen molar-refractivity contribution < 1.29 is 14.3 Å². The van der Waals surface area contributed by atoms with Crippen LogP contribution in [0.25, 0.3) is 0 Å². The minimum atomic E-state index is -1.26. The van der Waals surface area contributed by atoms with Crippen LogP contribution >= 0.6 is 12.4 Å². The van der Waals surface area contributed by atoms with E-state index in [1.165, 1.54) is 0 Å². The summed E-state index contributed by atoms with van der Waals surface area (Å²) in [7, 11) is 0. The predicted molar refractivity (Wildman–Crippen MR) is 64.9 cm³/mol. The van der Waals surface area contributed by atoms with Crippen molar-refractivity contribution >= 4 is 30.0 Å².